The van der Waals surface area contributed by atoms with Crippen LogP contribution in [0.15, 0.2) is 47.4 Å². The van der Waals surface area contributed by atoms with Crippen molar-refractivity contribution in [2.75, 3.05) is 11.9 Å². The molecule has 0 saturated carbocycles. The zero-order valence-electron chi connectivity index (χ0n) is 15.5. The van der Waals surface area contributed by atoms with Crippen molar-refractivity contribution in [1.82, 2.24) is 4.72 Å². The summed E-state index contributed by atoms with van der Waals surface area (Å²) in [6.45, 7) is 5.38. The minimum atomic E-state index is -3.57. The number of hydrogen-bond acceptors (Lipinski definition) is 4. The molecule has 0 aliphatic carbocycles. The quantitative estimate of drug-likeness (QED) is 0.694. The Morgan fingerprint density at radius 3 is 2.44 bits per heavy atom. The molecule has 2 aromatic rings. The highest BCUT2D eigenvalue weighted by atomic mass is 35.5. The third-order valence-electron chi connectivity index (χ3n) is 3.92. The van der Waals surface area contributed by atoms with E-state index < -0.39 is 10.0 Å². The summed E-state index contributed by atoms with van der Waals surface area (Å²) in [6, 6.07) is 11.0. The second-order valence-corrected chi connectivity index (χ2v) is 8.32. The summed E-state index contributed by atoms with van der Waals surface area (Å²) in [5.74, 6) is 0.195. The number of hydrogen-bond donors (Lipinski definition) is 2. The maximum Gasteiger partial charge on any atom is 0.262 e. The number of halogens is 1. The number of carbonyl (C=O) groups excluding carboxylic acids is 1. The predicted molar refractivity (Wildman–Crippen MR) is 107 cm³/mol. The molecule has 1 unspecified atom stereocenters. The van der Waals surface area contributed by atoms with Crippen LogP contribution in [0.1, 0.15) is 25.8 Å². The highest BCUT2D eigenvalue weighted by Crippen LogP contribution is 2.21. The van der Waals surface area contributed by atoms with Gasteiger partial charge in [-0.25, -0.2) is 13.1 Å². The first-order valence-electron chi connectivity index (χ1n) is 8.52. The molecule has 2 N–H and O–H groups in total. The molecule has 0 aliphatic heterocycles. The Morgan fingerprint density at radius 2 is 1.85 bits per heavy atom. The Bertz CT molecular complexity index is 898. The Hall–Kier alpha value is -2.09. The fourth-order valence-corrected chi connectivity index (χ4v) is 3.63. The van der Waals surface area contributed by atoms with Crippen molar-refractivity contribution in [3.8, 4) is 5.75 Å². The van der Waals surface area contributed by atoms with E-state index in [1.807, 2.05) is 13.8 Å². The molecule has 0 aromatic heterocycles. The molecule has 0 spiro atoms. The highest BCUT2D eigenvalue weighted by molar-refractivity contribution is 7.89. The summed E-state index contributed by atoms with van der Waals surface area (Å²) in [7, 11) is -3.57. The maximum atomic E-state index is 12.2. The molecule has 8 heteroatoms. The Labute approximate surface area is 164 Å². The van der Waals surface area contributed by atoms with Gasteiger partial charge in [-0.1, -0.05) is 18.5 Å². The Balaban J connectivity index is 1.93. The van der Waals surface area contributed by atoms with Crippen molar-refractivity contribution in [2.24, 2.45) is 0 Å². The Morgan fingerprint density at radius 1 is 1.19 bits per heavy atom. The average Bonchev–Trinajstić information content (AvgIpc) is 2.62. The van der Waals surface area contributed by atoms with E-state index >= 15 is 0 Å². The fraction of sp³-hybridized carbons (Fsp3) is 0.316. The molecule has 146 valence electrons. The van der Waals surface area contributed by atoms with Crippen LogP contribution >= 0.6 is 11.6 Å². The summed E-state index contributed by atoms with van der Waals surface area (Å²) in [5, 5.41) is 3.29. The first-order valence-corrected chi connectivity index (χ1v) is 10.4. The minimum Gasteiger partial charge on any atom is -0.484 e. The van der Waals surface area contributed by atoms with E-state index in [2.05, 4.69) is 10.0 Å². The van der Waals surface area contributed by atoms with Crippen LogP contribution in [-0.4, -0.2) is 27.0 Å². The summed E-state index contributed by atoms with van der Waals surface area (Å²) in [5.41, 5.74) is 1.34. The molecule has 0 bridgehead atoms. The number of benzene rings is 2. The van der Waals surface area contributed by atoms with Gasteiger partial charge in [0.1, 0.15) is 5.75 Å². The van der Waals surface area contributed by atoms with Crippen LogP contribution in [0.5, 0.6) is 5.75 Å². The smallest absolute Gasteiger partial charge is 0.262 e. The highest BCUT2D eigenvalue weighted by Gasteiger charge is 2.16. The van der Waals surface area contributed by atoms with Crippen molar-refractivity contribution in [1.29, 1.82) is 0 Å². The summed E-state index contributed by atoms with van der Waals surface area (Å²) >= 11 is 5.95. The second kappa shape index (κ2) is 9.21. The van der Waals surface area contributed by atoms with Gasteiger partial charge in [0.05, 0.1) is 4.90 Å². The van der Waals surface area contributed by atoms with Crippen molar-refractivity contribution in [3.63, 3.8) is 0 Å². The lowest BCUT2D eigenvalue weighted by atomic mass is 10.2. The Kier molecular flexibility index (Phi) is 7.24. The minimum absolute atomic E-state index is 0.147. The summed E-state index contributed by atoms with van der Waals surface area (Å²) in [6.07, 6.45) is 0.695. The lowest BCUT2D eigenvalue weighted by Crippen LogP contribution is -2.31. The lowest BCUT2D eigenvalue weighted by Gasteiger charge is -2.12. The van der Waals surface area contributed by atoms with E-state index in [4.69, 9.17) is 16.3 Å². The topological polar surface area (TPSA) is 84.5 Å². The largest absolute Gasteiger partial charge is 0.484 e. The number of anilines is 1. The van der Waals surface area contributed by atoms with Gasteiger partial charge < -0.3 is 10.1 Å². The van der Waals surface area contributed by atoms with Gasteiger partial charge in [0, 0.05) is 16.8 Å². The zero-order chi connectivity index (χ0) is 20.0. The zero-order valence-corrected chi connectivity index (χ0v) is 17.0. The van der Waals surface area contributed by atoms with Gasteiger partial charge >= 0.3 is 0 Å². The molecule has 0 fully saturated rings. The van der Waals surface area contributed by atoms with Gasteiger partial charge in [-0.05, 0) is 68.3 Å². The fourth-order valence-electron chi connectivity index (χ4n) is 2.19. The standard InChI is InChI=1S/C19H23ClN2O4S/c1-4-14(3)22-27(24,25)17-8-5-15(6-9-17)21-19(23)12-26-16-7-10-18(20)13(2)11-16/h5-11,14,22H,4,12H2,1-3H3,(H,21,23). The molecular formula is C19H23ClN2O4S. The number of sulfonamides is 1. The van der Waals surface area contributed by atoms with Gasteiger partial charge in [-0.2, -0.15) is 0 Å². The van der Waals surface area contributed by atoms with E-state index in [0.717, 1.165) is 5.56 Å². The maximum absolute atomic E-state index is 12.2. The molecule has 2 aromatic carbocycles. The van der Waals surface area contributed by atoms with E-state index in [0.29, 0.717) is 22.9 Å². The first-order chi connectivity index (χ1) is 12.7. The van der Waals surface area contributed by atoms with Crippen molar-refractivity contribution < 1.29 is 17.9 Å². The van der Waals surface area contributed by atoms with E-state index in [-0.39, 0.29) is 23.5 Å². The normalized spacial score (nSPS) is 12.4. The molecule has 0 radical (unpaired) electrons. The van der Waals surface area contributed by atoms with Gasteiger partial charge in [0.15, 0.2) is 6.61 Å². The van der Waals surface area contributed by atoms with Crippen LogP contribution in [0.4, 0.5) is 5.69 Å². The van der Waals surface area contributed by atoms with Crippen molar-refractivity contribution in [2.45, 2.75) is 38.1 Å². The van der Waals surface area contributed by atoms with Crippen molar-refractivity contribution >= 4 is 33.2 Å². The van der Waals surface area contributed by atoms with Crippen LogP contribution in [0.2, 0.25) is 5.02 Å². The van der Waals surface area contributed by atoms with Gasteiger partial charge in [0.2, 0.25) is 10.0 Å². The van der Waals surface area contributed by atoms with Crippen LogP contribution in [0, 0.1) is 6.92 Å². The molecule has 0 heterocycles. The molecule has 2 rings (SSSR count). The average molecular weight is 411 g/mol. The third kappa shape index (κ3) is 6.23. The number of rotatable bonds is 8. The van der Waals surface area contributed by atoms with Gasteiger partial charge in [0.25, 0.3) is 5.91 Å². The molecular weight excluding hydrogens is 388 g/mol. The van der Waals surface area contributed by atoms with E-state index in [1.54, 1.807) is 25.1 Å². The number of ether oxygens (including phenoxy) is 1. The molecule has 0 aliphatic rings. The SMILES string of the molecule is CCC(C)NS(=O)(=O)c1ccc(NC(=O)COc2ccc(Cl)c(C)c2)cc1. The first kappa shape index (κ1) is 21.2. The number of amides is 1. The number of nitrogens with one attached hydrogen (secondary N) is 2. The van der Waals surface area contributed by atoms with Gasteiger partial charge in [-0.15, -0.1) is 0 Å². The summed E-state index contributed by atoms with van der Waals surface area (Å²) < 4.78 is 32.5. The van der Waals surface area contributed by atoms with E-state index in [1.165, 1.54) is 24.3 Å². The van der Waals surface area contributed by atoms with Gasteiger partial charge in [-0.3, -0.25) is 4.79 Å². The lowest BCUT2D eigenvalue weighted by molar-refractivity contribution is -0.118. The molecule has 0 saturated heterocycles. The third-order valence-corrected chi connectivity index (χ3v) is 5.95. The van der Waals surface area contributed by atoms with Crippen LogP contribution in [0.3, 0.4) is 0 Å². The van der Waals surface area contributed by atoms with Crippen LogP contribution in [-0.2, 0) is 14.8 Å². The predicted octanol–water partition coefficient (Wildman–Crippen LogP) is 3.74. The van der Waals surface area contributed by atoms with Crippen LogP contribution in [0.25, 0.3) is 0 Å². The molecule has 1 amide bonds. The van der Waals surface area contributed by atoms with Crippen LogP contribution < -0.4 is 14.8 Å². The number of carbonyl (C=O) groups is 1. The molecule has 6 nitrogen and oxygen atoms in total. The second-order valence-electron chi connectivity index (χ2n) is 6.20. The molecule has 1 atom stereocenters. The van der Waals surface area contributed by atoms with Crippen molar-refractivity contribution in [3.05, 3.63) is 53.1 Å². The van der Waals surface area contributed by atoms with E-state index in [9.17, 15) is 13.2 Å². The number of aryl methyl sites for hydroxylation is 1. The molecule has 27 heavy (non-hydrogen) atoms. The summed E-state index contributed by atoms with van der Waals surface area (Å²) in [4.78, 5) is 12.2. The monoisotopic (exact) mass is 410 g/mol.